The van der Waals surface area contributed by atoms with Crippen LogP contribution in [-0.2, 0) is 26.2 Å². The van der Waals surface area contributed by atoms with Gasteiger partial charge in [-0.15, -0.1) is 0 Å². The van der Waals surface area contributed by atoms with Gasteiger partial charge in [-0.25, -0.2) is 8.42 Å². The summed E-state index contributed by atoms with van der Waals surface area (Å²) in [5.41, 5.74) is 1.15. The molecule has 0 aliphatic rings. The van der Waals surface area contributed by atoms with E-state index < -0.39 is 28.5 Å². The van der Waals surface area contributed by atoms with Gasteiger partial charge < -0.3 is 15.0 Å². The average Bonchev–Trinajstić information content (AvgIpc) is 2.79. The molecule has 8 nitrogen and oxygen atoms in total. The molecule has 1 N–H and O–H groups in total. The smallest absolute Gasteiger partial charge is 0.244 e. The Labute approximate surface area is 209 Å². The predicted octanol–water partition coefficient (Wildman–Crippen LogP) is 3.01. The fraction of sp³-hybridized carbons (Fsp3) is 0.391. The number of hydrogen-bond donors (Lipinski definition) is 1. The fourth-order valence-corrected chi connectivity index (χ4v) is 4.38. The first-order valence-corrected chi connectivity index (χ1v) is 13.4. The minimum atomic E-state index is -3.74. The van der Waals surface area contributed by atoms with Gasteiger partial charge in [0.25, 0.3) is 0 Å². The number of halogens is 1. The molecule has 0 fully saturated rings. The predicted molar refractivity (Wildman–Crippen MR) is 138 cm³/mol. The highest BCUT2D eigenvalue weighted by atomic mass is 127. The lowest BCUT2D eigenvalue weighted by Crippen LogP contribution is -2.51. The molecule has 0 spiro atoms. The van der Waals surface area contributed by atoms with E-state index in [1.165, 1.54) is 4.90 Å². The summed E-state index contributed by atoms with van der Waals surface area (Å²) in [5, 5.41) is 2.81. The van der Waals surface area contributed by atoms with E-state index in [1.54, 1.807) is 56.5 Å². The summed E-state index contributed by atoms with van der Waals surface area (Å²) in [4.78, 5) is 27.5. The first kappa shape index (κ1) is 26.9. The van der Waals surface area contributed by atoms with Crippen LogP contribution in [0.1, 0.15) is 25.8 Å². The number of anilines is 1. The number of nitrogens with one attached hydrogen (secondary N) is 1. The fourth-order valence-electron chi connectivity index (χ4n) is 3.17. The van der Waals surface area contributed by atoms with Crippen LogP contribution in [0, 0.1) is 3.57 Å². The third-order valence-corrected chi connectivity index (χ3v) is 6.86. The minimum Gasteiger partial charge on any atom is -0.497 e. The zero-order valence-electron chi connectivity index (χ0n) is 19.2. The highest BCUT2D eigenvalue weighted by Crippen LogP contribution is 2.21. The monoisotopic (exact) mass is 587 g/mol. The Morgan fingerprint density at radius 2 is 1.82 bits per heavy atom. The molecule has 0 saturated carbocycles. The summed E-state index contributed by atoms with van der Waals surface area (Å²) in [6.45, 7) is 3.77. The van der Waals surface area contributed by atoms with Crippen LogP contribution >= 0.6 is 22.6 Å². The van der Waals surface area contributed by atoms with Crippen molar-refractivity contribution in [2.24, 2.45) is 0 Å². The molecule has 0 aliphatic heterocycles. The molecule has 2 aromatic carbocycles. The van der Waals surface area contributed by atoms with Crippen LogP contribution in [0.4, 0.5) is 5.69 Å². The van der Waals surface area contributed by atoms with Crippen molar-refractivity contribution in [1.82, 2.24) is 10.2 Å². The van der Waals surface area contributed by atoms with Gasteiger partial charge >= 0.3 is 0 Å². The molecule has 33 heavy (non-hydrogen) atoms. The van der Waals surface area contributed by atoms with E-state index in [9.17, 15) is 18.0 Å². The van der Waals surface area contributed by atoms with Crippen LogP contribution in [0.3, 0.4) is 0 Å². The summed E-state index contributed by atoms with van der Waals surface area (Å²) in [6.07, 6.45) is 1.82. The van der Waals surface area contributed by atoms with Gasteiger partial charge in [-0.3, -0.25) is 13.9 Å². The zero-order chi connectivity index (χ0) is 24.6. The van der Waals surface area contributed by atoms with Crippen molar-refractivity contribution in [3.63, 3.8) is 0 Å². The Balaban J connectivity index is 2.37. The highest BCUT2D eigenvalue weighted by Gasteiger charge is 2.30. The third kappa shape index (κ3) is 7.88. The van der Waals surface area contributed by atoms with Gasteiger partial charge in [0.05, 0.1) is 19.1 Å². The number of benzene rings is 2. The molecule has 2 rings (SSSR count). The lowest BCUT2D eigenvalue weighted by Gasteiger charge is -2.31. The Morgan fingerprint density at radius 3 is 2.39 bits per heavy atom. The summed E-state index contributed by atoms with van der Waals surface area (Å²) < 4.78 is 32.3. The van der Waals surface area contributed by atoms with Crippen molar-refractivity contribution in [3.05, 3.63) is 57.7 Å². The average molecular weight is 587 g/mol. The zero-order valence-corrected chi connectivity index (χ0v) is 22.2. The topological polar surface area (TPSA) is 96.0 Å². The molecular formula is C23H30IN3O5S. The molecule has 0 bridgehead atoms. The largest absolute Gasteiger partial charge is 0.497 e. The van der Waals surface area contributed by atoms with E-state index >= 15 is 0 Å². The minimum absolute atomic E-state index is 0.126. The second-order valence-corrected chi connectivity index (χ2v) is 10.7. The maximum absolute atomic E-state index is 13.4. The Morgan fingerprint density at radius 1 is 1.15 bits per heavy atom. The number of rotatable bonds is 11. The van der Waals surface area contributed by atoms with Gasteiger partial charge in [0.2, 0.25) is 21.8 Å². The van der Waals surface area contributed by atoms with E-state index in [4.69, 9.17) is 4.74 Å². The van der Waals surface area contributed by atoms with Crippen LogP contribution in [-0.4, -0.2) is 57.6 Å². The van der Waals surface area contributed by atoms with Gasteiger partial charge in [0, 0.05) is 16.7 Å². The molecule has 0 aliphatic carbocycles. The van der Waals surface area contributed by atoms with Crippen molar-refractivity contribution in [3.8, 4) is 5.75 Å². The van der Waals surface area contributed by atoms with Crippen molar-refractivity contribution < 1.29 is 22.7 Å². The van der Waals surface area contributed by atoms with Crippen LogP contribution in [0.2, 0.25) is 0 Å². The Hall–Kier alpha value is -2.34. The van der Waals surface area contributed by atoms with E-state index in [1.807, 2.05) is 13.0 Å². The normalized spacial score (nSPS) is 12.0. The van der Waals surface area contributed by atoms with E-state index in [2.05, 4.69) is 27.9 Å². The molecule has 1 unspecified atom stereocenters. The van der Waals surface area contributed by atoms with E-state index in [0.29, 0.717) is 18.0 Å². The van der Waals surface area contributed by atoms with Crippen molar-refractivity contribution >= 4 is 50.1 Å². The van der Waals surface area contributed by atoms with Crippen LogP contribution < -0.4 is 14.4 Å². The van der Waals surface area contributed by atoms with Gasteiger partial charge in [-0.1, -0.05) is 19.1 Å². The van der Waals surface area contributed by atoms with Crippen LogP contribution in [0.25, 0.3) is 0 Å². The number of amides is 2. The number of carbonyl (C=O) groups excluding carboxylic acids is 2. The van der Waals surface area contributed by atoms with E-state index in [-0.39, 0.29) is 12.5 Å². The summed E-state index contributed by atoms with van der Waals surface area (Å²) in [6, 6.07) is 13.2. The number of nitrogens with zero attached hydrogens (tertiary/aromatic N) is 2. The van der Waals surface area contributed by atoms with Crippen LogP contribution in [0.5, 0.6) is 5.75 Å². The number of hydrogen-bond acceptors (Lipinski definition) is 5. The molecule has 180 valence electrons. The third-order valence-electron chi connectivity index (χ3n) is 5.00. The molecule has 1 atom stereocenters. The summed E-state index contributed by atoms with van der Waals surface area (Å²) in [7, 11) is -2.19. The van der Waals surface area contributed by atoms with Gasteiger partial charge in [0.1, 0.15) is 18.3 Å². The van der Waals surface area contributed by atoms with Crippen molar-refractivity contribution in [2.75, 3.05) is 30.8 Å². The van der Waals surface area contributed by atoms with Crippen molar-refractivity contribution in [2.45, 2.75) is 32.9 Å². The standard InChI is InChI=1S/C23H30IN3O5S/c1-5-13-25-23(29)17(2)26(15-18-7-6-8-21(14-18)32-3)22(28)16-27(33(4,30)31)20-11-9-19(24)10-12-20/h6-12,14,17H,5,13,15-16H2,1-4H3,(H,25,29). The maximum Gasteiger partial charge on any atom is 0.244 e. The second-order valence-electron chi connectivity index (χ2n) is 7.59. The Bertz CT molecular complexity index is 1060. The van der Waals surface area contributed by atoms with Gasteiger partial charge in [0.15, 0.2) is 0 Å². The lowest BCUT2D eigenvalue weighted by molar-refractivity contribution is -0.139. The molecule has 2 amide bonds. The van der Waals surface area contributed by atoms with Crippen molar-refractivity contribution in [1.29, 1.82) is 0 Å². The molecule has 10 heteroatoms. The summed E-state index contributed by atoms with van der Waals surface area (Å²) >= 11 is 2.12. The number of ether oxygens (including phenoxy) is 1. The van der Waals surface area contributed by atoms with Crippen LogP contribution in [0.15, 0.2) is 48.5 Å². The van der Waals surface area contributed by atoms with Gasteiger partial charge in [-0.05, 0) is 77.9 Å². The van der Waals surface area contributed by atoms with Gasteiger partial charge in [-0.2, -0.15) is 0 Å². The van der Waals surface area contributed by atoms with E-state index in [0.717, 1.165) is 26.1 Å². The SMILES string of the molecule is CCCNC(=O)C(C)N(Cc1cccc(OC)c1)C(=O)CN(c1ccc(I)cc1)S(C)(=O)=O. The maximum atomic E-state index is 13.4. The highest BCUT2D eigenvalue weighted by molar-refractivity contribution is 14.1. The number of carbonyl (C=O) groups is 2. The molecular weight excluding hydrogens is 557 g/mol. The second kappa shape index (κ2) is 12.2. The summed E-state index contributed by atoms with van der Waals surface area (Å²) in [5.74, 6) is -0.158. The molecule has 0 saturated heterocycles. The lowest BCUT2D eigenvalue weighted by atomic mass is 10.1. The first-order valence-electron chi connectivity index (χ1n) is 10.5. The number of methoxy groups -OCH3 is 1. The Kier molecular flexibility index (Phi) is 9.96. The molecule has 0 aromatic heterocycles. The first-order chi connectivity index (χ1) is 15.6. The molecule has 0 heterocycles. The number of sulfonamides is 1. The molecule has 2 aromatic rings. The molecule has 0 radical (unpaired) electrons. The quantitative estimate of drug-likeness (QED) is 0.408.